The van der Waals surface area contributed by atoms with Gasteiger partial charge in [-0.3, -0.25) is 10.0 Å². The van der Waals surface area contributed by atoms with Gasteiger partial charge in [0.05, 0.1) is 11.0 Å². The summed E-state index contributed by atoms with van der Waals surface area (Å²) in [4.78, 5) is 11.6. The smallest absolute Gasteiger partial charge is 0.271 e. The van der Waals surface area contributed by atoms with Gasteiger partial charge in [0.2, 0.25) is 0 Å². The summed E-state index contributed by atoms with van der Waals surface area (Å²) < 4.78 is 25.0. The number of allylic oxidation sites excluding steroid dienone is 1. The Hall–Kier alpha value is -1.66. The molecule has 0 saturated carbocycles. The van der Waals surface area contributed by atoms with Gasteiger partial charge in [0.25, 0.3) is 5.91 Å². The largest absolute Gasteiger partial charge is 0.288 e. The van der Waals surface area contributed by atoms with Gasteiger partial charge in [-0.25, -0.2) is 13.9 Å². The van der Waals surface area contributed by atoms with E-state index in [0.717, 1.165) is 6.42 Å². The van der Waals surface area contributed by atoms with E-state index in [0.29, 0.717) is 18.4 Å². The molecule has 1 aromatic rings. The third-order valence-corrected chi connectivity index (χ3v) is 5.48. The van der Waals surface area contributed by atoms with Crippen LogP contribution in [-0.4, -0.2) is 24.8 Å². The predicted molar refractivity (Wildman–Crippen MR) is 74.7 cm³/mol. The van der Waals surface area contributed by atoms with E-state index in [9.17, 15) is 13.2 Å². The molecule has 1 unspecified atom stereocenters. The maximum atomic E-state index is 12.5. The Morgan fingerprint density at radius 3 is 2.65 bits per heavy atom. The highest BCUT2D eigenvalue weighted by molar-refractivity contribution is 7.91. The zero-order valence-corrected chi connectivity index (χ0v) is 11.8. The summed E-state index contributed by atoms with van der Waals surface area (Å²) in [7, 11) is -3.48. The van der Waals surface area contributed by atoms with Crippen LogP contribution in [0.25, 0.3) is 0 Å². The second-order valence-electron chi connectivity index (χ2n) is 4.81. The Bertz CT molecular complexity index is 607. The Balaban J connectivity index is 2.26. The number of hydroxylamine groups is 1. The molecule has 0 heterocycles. The molecule has 1 aliphatic carbocycles. The van der Waals surface area contributed by atoms with Gasteiger partial charge in [0.1, 0.15) is 0 Å². The van der Waals surface area contributed by atoms with Crippen LogP contribution in [0, 0.1) is 0 Å². The van der Waals surface area contributed by atoms with Crippen LogP contribution < -0.4 is 5.48 Å². The normalized spacial score (nSPS) is 19.2. The van der Waals surface area contributed by atoms with Gasteiger partial charge >= 0.3 is 0 Å². The first-order chi connectivity index (χ1) is 9.54. The number of rotatable bonds is 4. The molecule has 0 aliphatic heterocycles. The summed E-state index contributed by atoms with van der Waals surface area (Å²) in [5, 5.41) is 7.88. The zero-order chi connectivity index (χ0) is 14.6. The molecular formula is C14H17NO4S. The van der Waals surface area contributed by atoms with Crippen molar-refractivity contribution >= 4 is 15.7 Å². The van der Waals surface area contributed by atoms with Crippen LogP contribution in [0.3, 0.4) is 0 Å². The van der Waals surface area contributed by atoms with Crippen molar-refractivity contribution < 1.29 is 18.4 Å². The number of carbonyl (C=O) groups is 1. The third kappa shape index (κ3) is 3.26. The molecule has 0 spiro atoms. The monoisotopic (exact) mass is 295 g/mol. The highest BCUT2D eigenvalue weighted by Crippen LogP contribution is 2.27. The molecule has 108 valence electrons. The molecule has 2 N–H and O–H groups in total. The van der Waals surface area contributed by atoms with E-state index in [1.165, 1.54) is 5.48 Å². The molecule has 1 atom stereocenters. The van der Waals surface area contributed by atoms with Crippen LogP contribution in [0.1, 0.15) is 24.8 Å². The van der Waals surface area contributed by atoms with E-state index >= 15 is 0 Å². The van der Waals surface area contributed by atoms with E-state index in [-0.39, 0.29) is 11.3 Å². The molecule has 2 rings (SSSR count). The molecule has 20 heavy (non-hydrogen) atoms. The van der Waals surface area contributed by atoms with E-state index in [2.05, 4.69) is 0 Å². The van der Waals surface area contributed by atoms with Gasteiger partial charge in [-0.1, -0.05) is 36.4 Å². The number of amides is 1. The molecule has 0 bridgehead atoms. The highest BCUT2D eigenvalue weighted by Gasteiger charge is 2.34. The first kappa shape index (κ1) is 14.7. The van der Waals surface area contributed by atoms with Crippen molar-refractivity contribution in [2.24, 2.45) is 0 Å². The lowest BCUT2D eigenvalue weighted by atomic mass is 9.98. The number of carbonyl (C=O) groups excluding carboxylic acids is 1. The minimum atomic E-state index is -3.48. The van der Waals surface area contributed by atoms with Gasteiger partial charge in [0, 0.05) is 5.57 Å². The van der Waals surface area contributed by atoms with E-state index in [1.54, 1.807) is 30.3 Å². The lowest BCUT2D eigenvalue weighted by Gasteiger charge is -2.23. The van der Waals surface area contributed by atoms with Crippen molar-refractivity contribution in [2.75, 3.05) is 0 Å². The summed E-state index contributed by atoms with van der Waals surface area (Å²) in [6.07, 6.45) is 3.39. The lowest BCUT2D eigenvalue weighted by molar-refractivity contribution is -0.125. The minimum Gasteiger partial charge on any atom is -0.288 e. The van der Waals surface area contributed by atoms with Crippen LogP contribution in [0.15, 0.2) is 42.0 Å². The third-order valence-electron chi connectivity index (χ3n) is 3.39. The summed E-state index contributed by atoms with van der Waals surface area (Å²) in [5.41, 5.74) is 2.37. The average Bonchev–Trinajstić information content (AvgIpc) is 2.47. The molecule has 1 aliphatic rings. The summed E-state index contributed by atoms with van der Waals surface area (Å²) in [6, 6.07) is 8.87. The molecule has 0 radical (unpaired) electrons. The van der Waals surface area contributed by atoms with E-state index in [1.807, 2.05) is 6.07 Å². The maximum Gasteiger partial charge on any atom is 0.271 e. The lowest BCUT2D eigenvalue weighted by Crippen LogP contribution is -2.35. The molecule has 1 aromatic carbocycles. The van der Waals surface area contributed by atoms with Crippen LogP contribution >= 0.6 is 0 Å². The SMILES string of the molecule is O=C(NO)C1=CCCCC1S(=O)(=O)Cc1ccccc1. The van der Waals surface area contributed by atoms with Crippen LogP contribution in [-0.2, 0) is 20.4 Å². The maximum absolute atomic E-state index is 12.5. The topological polar surface area (TPSA) is 83.5 Å². The fourth-order valence-corrected chi connectivity index (χ4v) is 4.41. The second-order valence-corrected chi connectivity index (χ2v) is 7.00. The van der Waals surface area contributed by atoms with E-state index in [4.69, 9.17) is 5.21 Å². The summed E-state index contributed by atoms with van der Waals surface area (Å²) in [5.74, 6) is -0.833. The number of benzene rings is 1. The highest BCUT2D eigenvalue weighted by atomic mass is 32.2. The van der Waals surface area contributed by atoms with Crippen molar-refractivity contribution in [1.29, 1.82) is 0 Å². The van der Waals surface area contributed by atoms with Crippen LogP contribution in [0.2, 0.25) is 0 Å². The second kappa shape index (κ2) is 6.19. The van der Waals surface area contributed by atoms with Crippen molar-refractivity contribution in [3.05, 3.63) is 47.5 Å². The number of nitrogens with one attached hydrogen (secondary N) is 1. The fraction of sp³-hybridized carbons (Fsp3) is 0.357. The average molecular weight is 295 g/mol. The molecular weight excluding hydrogens is 278 g/mol. The number of hydrogen-bond acceptors (Lipinski definition) is 4. The van der Waals surface area contributed by atoms with Crippen LogP contribution in [0.5, 0.6) is 0 Å². The van der Waals surface area contributed by atoms with Gasteiger partial charge in [0.15, 0.2) is 9.84 Å². The van der Waals surface area contributed by atoms with Crippen LogP contribution in [0.4, 0.5) is 0 Å². The van der Waals surface area contributed by atoms with Crippen molar-refractivity contribution in [1.82, 2.24) is 5.48 Å². The Morgan fingerprint density at radius 2 is 2.00 bits per heavy atom. The number of hydrogen-bond donors (Lipinski definition) is 2. The quantitative estimate of drug-likeness (QED) is 0.652. The Kier molecular flexibility index (Phi) is 4.57. The molecule has 1 amide bonds. The summed E-state index contributed by atoms with van der Waals surface area (Å²) in [6.45, 7) is 0. The first-order valence-electron chi connectivity index (χ1n) is 6.44. The standard InChI is InChI=1S/C14H17NO4S/c16-14(15-17)12-8-4-5-9-13(12)20(18,19)10-11-6-2-1-3-7-11/h1-3,6-8,13,17H,4-5,9-10H2,(H,15,16). The molecule has 0 saturated heterocycles. The molecule has 0 aromatic heterocycles. The molecule has 0 fully saturated rings. The molecule has 5 nitrogen and oxygen atoms in total. The Morgan fingerprint density at radius 1 is 1.30 bits per heavy atom. The predicted octanol–water partition coefficient (Wildman–Crippen LogP) is 1.59. The molecule has 6 heteroatoms. The van der Waals surface area contributed by atoms with Crippen molar-refractivity contribution in [3.8, 4) is 0 Å². The van der Waals surface area contributed by atoms with Gasteiger partial charge < -0.3 is 0 Å². The van der Waals surface area contributed by atoms with Crippen molar-refractivity contribution in [3.63, 3.8) is 0 Å². The van der Waals surface area contributed by atoms with Gasteiger partial charge in [-0.05, 0) is 24.8 Å². The summed E-state index contributed by atoms with van der Waals surface area (Å²) >= 11 is 0. The zero-order valence-electron chi connectivity index (χ0n) is 11.0. The van der Waals surface area contributed by atoms with Crippen molar-refractivity contribution in [2.45, 2.75) is 30.3 Å². The Labute approximate surface area is 118 Å². The minimum absolute atomic E-state index is 0.103. The first-order valence-corrected chi connectivity index (χ1v) is 8.16. The number of sulfone groups is 1. The van der Waals surface area contributed by atoms with Gasteiger partial charge in [-0.2, -0.15) is 0 Å². The fourth-order valence-electron chi connectivity index (χ4n) is 2.43. The van der Waals surface area contributed by atoms with E-state index < -0.39 is 21.0 Å². The van der Waals surface area contributed by atoms with Gasteiger partial charge in [-0.15, -0.1) is 0 Å².